The molecule has 374 valence electrons. The SMILES string of the molecule is CC/C=C/C/C=C/C/C=C/C/C=C/C/C=C/C/C=C/CCC(=O)OC[C@H](CO[C@@H]1O[C@H](CO)[C@H](O)C(O)C1O)OC(=O)CCCCCCCCCCCCCCCCCCCCCCC. The summed E-state index contributed by atoms with van der Waals surface area (Å²) >= 11 is 0. The van der Waals surface area contributed by atoms with Gasteiger partial charge in [0.05, 0.1) is 13.2 Å². The largest absolute Gasteiger partial charge is 0.462 e. The summed E-state index contributed by atoms with van der Waals surface area (Å²) in [6.07, 6.45) is 50.7. The van der Waals surface area contributed by atoms with Gasteiger partial charge >= 0.3 is 11.9 Å². The van der Waals surface area contributed by atoms with Gasteiger partial charge in [-0.15, -0.1) is 0 Å². The Kier molecular flexibility index (Phi) is 41.6. The Labute approximate surface area is 395 Å². The number of allylic oxidation sites excluding steroid dienone is 12. The van der Waals surface area contributed by atoms with E-state index < -0.39 is 55.4 Å². The molecule has 0 saturated carbocycles. The first-order valence-corrected chi connectivity index (χ1v) is 26.0. The molecule has 0 aromatic carbocycles. The second-order valence-corrected chi connectivity index (χ2v) is 17.6. The van der Waals surface area contributed by atoms with Crippen molar-refractivity contribution in [2.24, 2.45) is 0 Å². The first kappa shape index (κ1) is 60.2. The quantitative estimate of drug-likeness (QED) is 0.0264. The number of aliphatic hydroxyl groups is 4. The predicted octanol–water partition coefficient (Wildman–Crippen LogP) is 12.3. The summed E-state index contributed by atoms with van der Waals surface area (Å²) in [7, 11) is 0. The van der Waals surface area contributed by atoms with E-state index in [1.807, 2.05) is 12.2 Å². The van der Waals surface area contributed by atoms with Crippen molar-refractivity contribution in [3.8, 4) is 0 Å². The highest BCUT2D eigenvalue weighted by Crippen LogP contribution is 2.23. The molecule has 0 aliphatic carbocycles. The summed E-state index contributed by atoms with van der Waals surface area (Å²) in [5.41, 5.74) is 0. The molecule has 1 aliphatic heterocycles. The van der Waals surface area contributed by atoms with Crippen LogP contribution in [0.5, 0.6) is 0 Å². The number of hydrogen-bond donors (Lipinski definition) is 4. The van der Waals surface area contributed by atoms with Crippen LogP contribution in [0, 0.1) is 0 Å². The van der Waals surface area contributed by atoms with Gasteiger partial charge in [-0.1, -0.05) is 215 Å². The lowest BCUT2D eigenvalue weighted by atomic mass is 9.99. The van der Waals surface area contributed by atoms with Crippen LogP contribution in [-0.2, 0) is 28.5 Å². The van der Waals surface area contributed by atoms with Crippen LogP contribution in [0.4, 0.5) is 0 Å². The fraction of sp³-hybridized carbons (Fsp3) is 0.745. The highest BCUT2D eigenvalue weighted by molar-refractivity contribution is 5.70. The van der Waals surface area contributed by atoms with Crippen LogP contribution < -0.4 is 0 Å². The van der Waals surface area contributed by atoms with E-state index in [0.29, 0.717) is 12.8 Å². The van der Waals surface area contributed by atoms with E-state index in [1.54, 1.807) is 0 Å². The second kappa shape index (κ2) is 44.9. The Morgan fingerprint density at radius 3 is 1.34 bits per heavy atom. The molecular formula is C55H94O10. The lowest BCUT2D eigenvalue weighted by Crippen LogP contribution is -2.59. The van der Waals surface area contributed by atoms with Crippen molar-refractivity contribution in [3.63, 3.8) is 0 Å². The van der Waals surface area contributed by atoms with Crippen LogP contribution in [0.15, 0.2) is 72.9 Å². The van der Waals surface area contributed by atoms with Gasteiger partial charge in [-0.25, -0.2) is 0 Å². The molecule has 2 unspecified atom stereocenters. The number of carbonyl (C=O) groups excluding carboxylic acids is 2. The minimum Gasteiger partial charge on any atom is -0.462 e. The smallest absolute Gasteiger partial charge is 0.306 e. The summed E-state index contributed by atoms with van der Waals surface area (Å²) in [4.78, 5) is 25.4. The summed E-state index contributed by atoms with van der Waals surface area (Å²) < 4.78 is 22.2. The van der Waals surface area contributed by atoms with Crippen LogP contribution in [-0.4, -0.2) is 89.0 Å². The van der Waals surface area contributed by atoms with Crippen LogP contribution in [0.2, 0.25) is 0 Å². The number of carbonyl (C=O) groups is 2. The molecule has 0 spiro atoms. The van der Waals surface area contributed by atoms with Gasteiger partial charge in [-0.05, 0) is 51.4 Å². The minimum atomic E-state index is -1.61. The number of unbranched alkanes of at least 4 members (excludes halogenated alkanes) is 20. The highest BCUT2D eigenvalue weighted by atomic mass is 16.7. The molecule has 10 heteroatoms. The maximum absolute atomic E-state index is 12.8. The van der Waals surface area contributed by atoms with E-state index in [9.17, 15) is 30.0 Å². The molecule has 1 aliphatic rings. The molecule has 1 heterocycles. The molecular weight excluding hydrogens is 821 g/mol. The molecule has 0 aromatic rings. The first-order chi connectivity index (χ1) is 31.8. The van der Waals surface area contributed by atoms with Crippen molar-refractivity contribution in [1.82, 2.24) is 0 Å². The average molecular weight is 915 g/mol. The molecule has 4 N–H and O–H groups in total. The van der Waals surface area contributed by atoms with E-state index in [-0.39, 0.29) is 26.1 Å². The number of rotatable bonds is 43. The fourth-order valence-electron chi connectivity index (χ4n) is 7.57. The van der Waals surface area contributed by atoms with Crippen molar-refractivity contribution >= 4 is 11.9 Å². The molecule has 65 heavy (non-hydrogen) atoms. The van der Waals surface area contributed by atoms with Crippen LogP contribution in [0.1, 0.15) is 206 Å². The zero-order valence-electron chi connectivity index (χ0n) is 41.0. The molecule has 0 aromatic heterocycles. The van der Waals surface area contributed by atoms with Crippen LogP contribution in [0.3, 0.4) is 0 Å². The Morgan fingerprint density at radius 2 is 0.908 bits per heavy atom. The Bertz CT molecular complexity index is 1290. The van der Waals surface area contributed by atoms with Crippen molar-refractivity contribution in [2.75, 3.05) is 19.8 Å². The molecule has 1 fully saturated rings. The van der Waals surface area contributed by atoms with Gasteiger partial charge in [0.15, 0.2) is 12.4 Å². The van der Waals surface area contributed by atoms with Gasteiger partial charge in [-0.3, -0.25) is 9.59 Å². The topological polar surface area (TPSA) is 152 Å². The molecule has 6 atom stereocenters. The van der Waals surface area contributed by atoms with E-state index in [1.165, 1.54) is 109 Å². The maximum Gasteiger partial charge on any atom is 0.306 e. The van der Waals surface area contributed by atoms with Gasteiger partial charge in [0, 0.05) is 12.8 Å². The standard InChI is InChI=1S/C55H94O10/c1-3-5-7-9-11-13-15-17-19-21-23-24-26-28-30-32-34-36-38-40-42-44-51(58)64-48(47-63-55-54(61)53(60)52(59)49(45-56)65-55)46-62-50(57)43-41-39-37-35-33-31-29-27-25-22-20-18-16-14-12-10-8-6-4-2/h6,8,12,14,18,20,25,27,31,33,37,39,48-49,52-56,59-61H,3-5,7,9-11,13,15-17,19,21-24,26,28-30,32,34-36,38,40-47H2,1-2H3/b8-6+,14-12+,20-18+,27-25+,33-31+,39-37+/t48-,49-,52+,53?,54?,55-/m1/s1. The molecule has 0 bridgehead atoms. The third-order valence-corrected chi connectivity index (χ3v) is 11.6. The second-order valence-electron chi connectivity index (χ2n) is 17.6. The van der Waals surface area contributed by atoms with Gasteiger partial charge in [0.25, 0.3) is 0 Å². The summed E-state index contributed by atoms with van der Waals surface area (Å²) in [6.45, 7) is 3.26. The van der Waals surface area contributed by atoms with Crippen molar-refractivity contribution in [3.05, 3.63) is 72.9 Å². The Morgan fingerprint density at radius 1 is 0.492 bits per heavy atom. The molecule has 1 saturated heterocycles. The minimum absolute atomic E-state index is 0.149. The van der Waals surface area contributed by atoms with Gasteiger partial charge in [-0.2, -0.15) is 0 Å². The van der Waals surface area contributed by atoms with Crippen LogP contribution in [0.25, 0.3) is 0 Å². The monoisotopic (exact) mass is 915 g/mol. The van der Waals surface area contributed by atoms with Crippen molar-refractivity contribution < 1.29 is 49.0 Å². The number of aliphatic hydroxyl groups excluding tert-OH is 4. The van der Waals surface area contributed by atoms with E-state index in [2.05, 4.69) is 74.6 Å². The van der Waals surface area contributed by atoms with Crippen LogP contribution >= 0.6 is 0 Å². The molecule has 1 rings (SSSR count). The van der Waals surface area contributed by atoms with Crippen molar-refractivity contribution in [2.45, 2.75) is 243 Å². The van der Waals surface area contributed by atoms with Crippen molar-refractivity contribution in [1.29, 1.82) is 0 Å². The highest BCUT2D eigenvalue weighted by Gasteiger charge is 2.44. The summed E-state index contributed by atoms with van der Waals surface area (Å²) in [5, 5.41) is 40.2. The third-order valence-electron chi connectivity index (χ3n) is 11.6. The lowest BCUT2D eigenvalue weighted by molar-refractivity contribution is -0.305. The van der Waals surface area contributed by atoms with E-state index in [0.717, 1.165) is 57.8 Å². The Balaban J connectivity index is 2.30. The molecule has 0 amide bonds. The third kappa shape index (κ3) is 35.9. The summed E-state index contributed by atoms with van der Waals surface area (Å²) in [5.74, 6) is -0.901. The fourth-order valence-corrected chi connectivity index (χ4v) is 7.57. The van der Waals surface area contributed by atoms with Gasteiger partial charge < -0.3 is 39.4 Å². The normalized spacial score (nSPS) is 19.9. The number of hydrogen-bond acceptors (Lipinski definition) is 10. The Hall–Kier alpha value is -2.86. The van der Waals surface area contributed by atoms with E-state index in [4.69, 9.17) is 18.9 Å². The van der Waals surface area contributed by atoms with Gasteiger partial charge in [0.2, 0.25) is 0 Å². The zero-order chi connectivity index (χ0) is 47.3. The zero-order valence-corrected chi connectivity index (χ0v) is 41.0. The molecule has 0 radical (unpaired) electrons. The number of esters is 2. The van der Waals surface area contributed by atoms with Gasteiger partial charge in [0.1, 0.15) is 31.0 Å². The number of ether oxygens (including phenoxy) is 4. The molecule has 10 nitrogen and oxygen atoms in total. The van der Waals surface area contributed by atoms with E-state index >= 15 is 0 Å². The average Bonchev–Trinajstić information content (AvgIpc) is 3.30. The maximum atomic E-state index is 12.8. The first-order valence-electron chi connectivity index (χ1n) is 26.0. The lowest BCUT2D eigenvalue weighted by Gasteiger charge is -2.39. The summed E-state index contributed by atoms with van der Waals surface area (Å²) in [6, 6.07) is 0. The predicted molar refractivity (Wildman–Crippen MR) is 265 cm³/mol.